The SMILES string of the molecule is CC(=O)Nc1ccc(CC(=O)N(Cc2nc3ccccc3c(=O)[nH]2)CC2CCCO2)cc1. The molecule has 1 fully saturated rings. The smallest absolute Gasteiger partial charge is 0.258 e. The molecule has 0 bridgehead atoms. The molecule has 2 N–H and O–H groups in total. The Kier molecular flexibility index (Phi) is 6.61. The van der Waals surface area contributed by atoms with E-state index in [0.717, 1.165) is 18.4 Å². The van der Waals surface area contributed by atoms with Crippen LogP contribution in [-0.4, -0.2) is 45.9 Å². The molecule has 0 radical (unpaired) electrons. The number of fused-ring (bicyclic) bond motifs is 1. The van der Waals surface area contributed by atoms with E-state index in [2.05, 4.69) is 15.3 Å². The summed E-state index contributed by atoms with van der Waals surface area (Å²) in [6.45, 7) is 2.79. The first kappa shape index (κ1) is 21.7. The van der Waals surface area contributed by atoms with Crippen molar-refractivity contribution in [2.24, 2.45) is 0 Å². The molecule has 8 nitrogen and oxygen atoms in total. The Morgan fingerprint density at radius 1 is 1.19 bits per heavy atom. The Morgan fingerprint density at radius 2 is 1.97 bits per heavy atom. The molecule has 1 unspecified atom stereocenters. The molecule has 0 aliphatic carbocycles. The number of hydrogen-bond acceptors (Lipinski definition) is 5. The van der Waals surface area contributed by atoms with Gasteiger partial charge < -0.3 is 19.9 Å². The quantitative estimate of drug-likeness (QED) is 0.595. The van der Waals surface area contributed by atoms with Crippen LogP contribution in [0, 0.1) is 0 Å². The third-order valence-electron chi connectivity index (χ3n) is 5.43. The zero-order valence-electron chi connectivity index (χ0n) is 18.0. The Balaban J connectivity index is 1.52. The van der Waals surface area contributed by atoms with E-state index in [0.29, 0.717) is 35.6 Å². The van der Waals surface area contributed by atoms with Gasteiger partial charge >= 0.3 is 0 Å². The van der Waals surface area contributed by atoms with Crippen molar-refractivity contribution in [3.63, 3.8) is 0 Å². The van der Waals surface area contributed by atoms with Gasteiger partial charge in [-0.3, -0.25) is 14.4 Å². The number of carbonyl (C=O) groups is 2. The lowest BCUT2D eigenvalue weighted by Gasteiger charge is -2.25. The third-order valence-corrected chi connectivity index (χ3v) is 5.43. The van der Waals surface area contributed by atoms with Crippen LogP contribution in [0.2, 0.25) is 0 Å². The van der Waals surface area contributed by atoms with Crippen LogP contribution in [0.25, 0.3) is 10.9 Å². The number of anilines is 1. The number of para-hydroxylation sites is 1. The third kappa shape index (κ3) is 5.39. The minimum atomic E-state index is -0.219. The lowest BCUT2D eigenvalue weighted by atomic mass is 10.1. The number of ether oxygens (including phenoxy) is 1. The molecule has 1 atom stereocenters. The fourth-order valence-corrected chi connectivity index (χ4v) is 3.87. The van der Waals surface area contributed by atoms with Crippen LogP contribution in [-0.2, 0) is 27.3 Å². The van der Waals surface area contributed by atoms with Crippen molar-refractivity contribution in [3.05, 3.63) is 70.3 Å². The molecule has 0 spiro atoms. The van der Waals surface area contributed by atoms with Gasteiger partial charge in [0.25, 0.3) is 5.56 Å². The maximum absolute atomic E-state index is 13.2. The number of amides is 2. The summed E-state index contributed by atoms with van der Waals surface area (Å²) in [5.74, 6) is 0.220. The number of H-pyrrole nitrogens is 1. The Bertz CT molecular complexity index is 1170. The molecule has 3 aromatic rings. The largest absolute Gasteiger partial charge is 0.376 e. The monoisotopic (exact) mass is 434 g/mol. The predicted octanol–water partition coefficient (Wildman–Crippen LogP) is 2.63. The van der Waals surface area contributed by atoms with Crippen molar-refractivity contribution in [2.45, 2.75) is 38.8 Å². The average Bonchev–Trinajstić information content (AvgIpc) is 3.27. The number of benzene rings is 2. The Labute approximate surface area is 185 Å². The minimum Gasteiger partial charge on any atom is -0.376 e. The Hall–Kier alpha value is -3.52. The second-order valence-electron chi connectivity index (χ2n) is 7.99. The number of nitrogens with one attached hydrogen (secondary N) is 2. The van der Waals surface area contributed by atoms with Crippen LogP contribution in [0.3, 0.4) is 0 Å². The van der Waals surface area contributed by atoms with Crippen LogP contribution in [0.5, 0.6) is 0 Å². The zero-order chi connectivity index (χ0) is 22.5. The molecule has 1 aromatic heterocycles. The molecule has 8 heteroatoms. The summed E-state index contributed by atoms with van der Waals surface area (Å²) < 4.78 is 5.74. The van der Waals surface area contributed by atoms with E-state index in [4.69, 9.17) is 4.74 Å². The number of hydrogen-bond donors (Lipinski definition) is 2. The van der Waals surface area contributed by atoms with Crippen molar-refractivity contribution in [3.8, 4) is 0 Å². The number of nitrogens with zero attached hydrogens (tertiary/aromatic N) is 2. The fraction of sp³-hybridized carbons (Fsp3) is 0.333. The summed E-state index contributed by atoms with van der Waals surface area (Å²) >= 11 is 0. The molecule has 2 aromatic carbocycles. The van der Waals surface area contributed by atoms with Gasteiger partial charge in [-0.25, -0.2) is 4.98 Å². The number of rotatable bonds is 7. The van der Waals surface area contributed by atoms with Crippen LogP contribution < -0.4 is 10.9 Å². The van der Waals surface area contributed by atoms with E-state index in [1.807, 2.05) is 18.2 Å². The molecule has 166 valence electrons. The van der Waals surface area contributed by atoms with E-state index < -0.39 is 0 Å². The molecular formula is C24H26N4O4. The van der Waals surface area contributed by atoms with Crippen LogP contribution in [0.4, 0.5) is 5.69 Å². The van der Waals surface area contributed by atoms with Gasteiger partial charge in [-0.1, -0.05) is 24.3 Å². The summed E-state index contributed by atoms with van der Waals surface area (Å²) in [6.07, 6.45) is 2.05. The lowest BCUT2D eigenvalue weighted by Crippen LogP contribution is -2.38. The summed E-state index contributed by atoms with van der Waals surface area (Å²) in [5, 5.41) is 3.24. The van der Waals surface area contributed by atoms with Crippen molar-refractivity contribution >= 4 is 28.4 Å². The first-order valence-corrected chi connectivity index (χ1v) is 10.7. The number of aromatic amines is 1. The highest BCUT2D eigenvalue weighted by Crippen LogP contribution is 2.17. The van der Waals surface area contributed by atoms with Crippen LogP contribution >= 0.6 is 0 Å². The number of carbonyl (C=O) groups excluding carboxylic acids is 2. The molecule has 2 amide bonds. The van der Waals surface area contributed by atoms with Gasteiger partial charge in [-0.15, -0.1) is 0 Å². The van der Waals surface area contributed by atoms with Gasteiger partial charge in [-0.2, -0.15) is 0 Å². The zero-order valence-corrected chi connectivity index (χ0v) is 18.0. The summed E-state index contributed by atoms with van der Waals surface area (Å²) in [7, 11) is 0. The maximum Gasteiger partial charge on any atom is 0.258 e. The predicted molar refractivity (Wildman–Crippen MR) is 121 cm³/mol. The van der Waals surface area contributed by atoms with Crippen molar-refractivity contribution in [2.75, 3.05) is 18.5 Å². The first-order chi connectivity index (χ1) is 15.5. The lowest BCUT2D eigenvalue weighted by molar-refractivity contribution is -0.132. The fourth-order valence-electron chi connectivity index (χ4n) is 3.87. The molecule has 32 heavy (non-hydrogen) atoms. The highest BCUT2D eigenvalue weighted by molar-refractivity contribution is 5.88. The number of aromatic nitrogens is 2. The van der Waals surface area contributed by atoms with E-state index >= 15 is 0 Å². The molecule has 4 rings (SSSR count). The normalized spacial score (nSPS) is 15.6. The van der Waals surface area contributed by atoms with Gasteiger partial charge in [0.1, 0.15) is 5.82 Å². The summed E-state index contributed by atoms with van der Waals surface area (Å²) in [5.41, 5.74) is 1.90. The summed E-state index contributed by atoms with van der Waals surface area (Å²) in [6, 6.07) is 14.3. The second kappa shape index (κ2) is 9.74. The highest BCUT2D eigenvalue weighted by Gasteiger charge is 2.24. The first-order valence-electron chi connectivity index (χ1n) is 10.7. The van der Waals surface area contributed by atoms with Gasteiger partial charge in [0.15, 0.2) is 0 Å². The van der Waals surface area contributed by atoms with E-state index in [1.165, 1.54) is 6.92 Å². The second-order valence-corrected chi connectivity index (χ2v) is 7.99. The van der Waals surface area contributed by atoms with Crippen LogP contribution in [0.15, 0.2) is 53.3 Å². The minimum absolute atomic E-state index is 0.0201. The highest BCUT2D eigenvalue weighted by atomic mass is 16.5. The molecule has 1 saturated heterocycles. The van der Waals surface area contributed by atoms with Crippen molar-refractivity contribution < 1.29 is 14.3 Å². The van der Waals surface area contributed by atoms with E-state index in [1.54, 1.807) is 35.2 Å². The molecular weight excluding hydrogens is 408 g/mol. The van der Waals surface area contributed by atoms with Crippen molar-refractivity contribution in [1.82, 2.24) is 14.9 Å². The molecule has 2 heterocycles. The molecule has 1 aliphatic heterocycles. The van der Waals surface area contributed by atoms with Crippen LogP contribution in [0.1, 0.15) is 31.2 Å². The van der Waals surface area contributed by atoms with Gasteiger partial charge in [-0.05, 0) is 42.7 Å². The van der Waals surface area contributed by atoms with Crippen molar-refractivity contribution in [1.29, 1.82) is 0 Å². The molecule has 0 saturated carbocycles. The van der Waals surface area contributed by atoms with Gasteiger partial charge in [0, 0.05) is 25.8 Å². The van der Waals surface area contributed by atoms with Gasteiger partial charge in [0.2, 0.25) is 11.8 Å². The summed E-state index contributed by atoms with van der Waals surface area (Å²) in [4.78, 5) is 45.9. The van der Waals surface area contributed by atoms with E-state index in [9.17, 15) is 14.4 Å². The van der Waals surface area contributed by atoms with E-state index in [-0.39, 0.29) is 36.4 Å². The maximum atomic E-state index is 13.2. The van der Waals surface area contributed by atoms with Gasteiger partial charge in [0.05, 0.1) is 30.0 Å². The topological polar surface area (TPSA) is 104 Å². The molecule has 1 aliphatic rings. The standard InChI is InChI=1S/C24H26N4O4/c1-16(29)25-18-10-8-17(9-11-18)13-23(30)28(14-19-5-4-12-32-19)15-22-26-21-7-3-2-6-20(21)24(31)27-22/h2-3,6-11,19H,4-5,12-15H2,1H3,(H,25,29)(H,26,27,31). The Morgan fingerprint density at radius 3 is 2.69 bits per heavy atom. The average molecular weight is 434 g/mol.